The summed E-state index contributed by atoms with van der Waals surface area (Å²) in [5.74, 6) is 0.105. The van der Waals surface area contributed by atoms with Crippen LogP contribution in [0, 0.1) is 0 Å². The number of nitrogens with zero attached hydrogens (tertiary/aromatic N) is 4. The van der Waals surface area contributed by atoms with Crippen LogP contribution in [-0.2, 0) is 11.3 Å². The third-order valence-electron chi connectivity index (χ3n) is 2.25. The zero-order valence-corrected chi connectivity index (χ0v) is 7.55. The molecule has 1 amide bonds. The van der Waals surface area contributed by atoms with E-state index in [9.17, 15) is 4.79 Å². The molecule has 0 saturated heterocycles. The Morgan fingerprint density at radius 2 is 2.46 bits per heavy atom. The van der Waals surface area contributed by atoms with E-state index in [2.05, 4.69) is 10.1 Å². The number of rotatable bonds is 3. The van der Waals surface area contributed by atoms with Crippen LogP contribution >= 0.6 is 0 Å². The van der Waals surface area contributed by atoms with Gasteiger partial charge in [-0.05, 0) is 12.8 Å². The molecule has 5 heteroatoms. The third kappa shape index (κ3) is 1.85. The summed E-state index contributed by atoms with van der Waals surface area (Å²) in [5.41, 5.74) is 0. The molecule has 0 radical (unpaired) electrons. The van der Waals surface area contributed by atoms with Crippen LogP contribution < -0.4 is 0 Å². The Labute approximate surface area is 76.4 Å². The van der Waals surface area contributed by atoms with Crippen molar-refractivity contribution < 1.29 is 4.79 Å². The lowest BCUT2D eigenvalue weighted by Crippen LogP contribution is -2.32. The predicted molar refractivity (Wildman–Crippen MR) is 45.8 cm³/mol. The standard InChI is InChI=1S/C8H12N4O/c1-11(7-2-3-7)8(13)4-12-6-9-5-10-12/h5-7H,2-4H2,1H3. The molecule has 1 aromatic heterocycles. The lowest BCUT2D eigenvalue weighted by molar-refractivity contribution is -0.131. The fourth-order valence-electron chi connectivity index (χ4n) is 1.23. The second kappa shape index (κ2) is 3.16. The number of aromatic nitrogens is 3. The van der Waals surface area contributed by atoms with E-state index >= 15 is 0 Å². The van der Waals surface area contributed by atoms with Gasteiger partial charge in [0.25, 0.3) is 0 Å². The van der Waals surface area contributed by atoms with E-state index in [1.165, 1.54) is 6.33 Å². The molecule has 1 aliphatic rings. The van der Waals surface area contributed by atoms with Crippen molar-refractivity contribution in [3.8, 4) is 0 Å². The lowest BCUT2D eigenvalue weighted by atomic mass is 10.5. The van der Waals surface area contributed by atoms with Gasteiger partial charge in [0.05, 0.1) is 0 Å². The van der Waals surface area contributed by atoms with Gasteiger partial charge in [-0.2, -0.15) is 5.10 Å². The molecular formula is C8H12N4O. The SMILES string of the molecule is CN(C(=O)Cn1cncn1)C1CC1. The van der Waals surface area contributed by atoms with Crippen LogP contribution in [0.25, 0.3) is 0 Å². The predicted octanol–water partition coefficient (Wildman–Crippen LogP) is -0.101. The first-order valence-electron chi connectivity index (χ1n) is 4.35. The number of amides is 1. The van der Waals surface area contributed by atoms with Crippen molar-refractivity contribution in [2.24, 2.45) is 0 Å². The molecule has 0 atom stereocenters. The first-order valence-corrected chi connectivity index (χ1v) is 4.35. The maximum Gasteiger partial charge on any atom is 0.244 e. The molecule has 0 aliphatic heterocycles. The van der Waals surface area contributed by atoms with Crippen LogP contribution in [-0.4, -0.2) is 38.7 Å². The van der Waals surface area contributed by atoms with Crippen molar-refractivity contribution in [2.75, 3.05) is 7.05 Å². The van der Waals surface area contributed by atoms with Gasteiger partial charge in [-0.25, -0.2) is 9.67 Å². The van der Waals surface area contributed by atoms with Gasteiger partial charge < -0.3 is 4.90 Å². The van der Waals surface area contributed by atoms with Gasteiger partial charge in [-0.1, -0.05) is 0 Å². The normalized spacial score (nSPS) is 15.8. The number of hydrogen-bond donors (Lipinski definition) is 0. The van der Waals surface area contributed by atoms with Gasteiger partial charge in [0, 0.05) is 13.1 Å². The zero-order chi connectivity index (χ0) is 9.26. The first kappa shape index (κ1) is 8.22. The number of carbonyl (C=O) groups excluding carboxylic acids is 1. The van der Waals surface area contributed by atoms with Gasteiger partial charge in [0.2, 0.25) is 5.91 Å². The van der Waals surface area contributed by atoms with Gasteiger partial charge in [-0.3, -0.25) is 4.79 Å². The van der Waals surface area contributed by atoms with Crippen LogP contribution in [0.3, 0.4) is 0 Å². The van der Waals surface area contributed by atoms with Gasteiger partial charge in [0.15, 0.2) is 0 Å². The molecule has 1 aliphatic carbocycles. The molecule has 5 nitrogen and oxygen atoms in total. The summed E-state index contributed by atoms with van der Waals surface area (Å²) < 4.78 is 1.54. The average molecular weight is 180 g/mol. The first-order chi connectivity index (χ1) is 6.27. The highest BCUT2D eigenvalue weighted by atomic mass is 16.2. The molecule has 2 rings (SSSR count). The fourth-order valence-corrected chi connectivity index (χ4v) is 1.23. The summed E-state index contributed by atoms with van der Waals surface area (Å²) in [5, 5.41) is 3.88. The highest BCUT2D eigenvalue weighted by molar-refractivity contribution is 5.76. The maximum absolute atomic E-state index is 11.5. The molecule has 0 aromatic carbocycles. The van der Waals surface area contributed by atoms with E-state index in [-0.39, 0.29) is 5.91 Å². The molecule has 0 N–H and O–H groups in total. The molecule has 1 saturated carbocycles. The summed E-state index contributed by atoms with van der Waals surface area (Å²) in [6, 6.07) is 0.469. The molecule has 13 heavy (non-hydrogen) atoms. The average Bonchev–Trinajstić information content (AvgIpc) is 2.85. The molecule has 0 spiro atoms. The minimum absolute atomic E-state index is 0.105. The Hall–Kier alpha value is -1.39. The quantitative estimate of drug-likeness (QED) is 0.652. The molecule has 1 aromatic rings. The van der Waals surface area contributed by atoms with Crippen molar-refractivity contribution in [1.82, 2.24) is 19.7 Å². The summed E-state index contributed by atoms with van der Waals surface area (Å²) in [7, 11) is 1.84. The van der Waals surface area contributed by atoms with Crippen LogP contribution in [0.4, 0.5) is 0 Å². The van der Waals surface area contributed by atoms with Crippen molar-refractivity contribution in [2.45, 2.75) is 25.4 Å². The van der Waals surface area contributed by atoms with Crippen LogP contribution in [0.15, 0.2) is 12.7 Å². The second-order valence-electron chi connectivity index (χ2n) is 3.33. The van der Waals surface area contributed by atoms with E-state index in [0.717, 1.165) is 12.8 Å². The Kier molecular flexibility index (Phi) is 2.00. The van der Waals surface area contributed by atoms with Crippen molar-refractivity contribution in [3.63, 3.8) is 0 Å². The topological polar surface area (TPSA) is 51.0 Å². The minimum Gasteiger partial charge on any atom is -0.341 e. The largest absolute Gasteiger partial charge is 0.341 e. The van der Waals surface area contributed by atoms with Gasteiger partial charge >= 0.3 is 0 Å². The van der Waals surface area contributed by atoms with Crippen molar-refractivity contribution in [3.05, 3.63) is 12.7 Å². The second-order valence-corrected chi connectivity index (χ2v) is 3.33. The molecule has 0 bridgehead atoms. The fraction of sp³-hybridized carbons (Fsp3) is 0.625. The van der Waals surface area contributed by atoms with E-state index in [1.807, 2.05) is 7.05 Å². The Bertz CT molecular complexity index is 291. The van der Waals surface area contributed by atoms with Crippen LogP contribution in [0.5, 0.6) is 0 Å². The monoisotopic (exact) mass is 180 g/mol. The number of carbonyl (C=O) groups is 1. The Balaban J connectivity index is 1.90. The molecule has 1 heterocycles. The van der Waals surface area contributed by atoms with E-state index in [1.54, 1.807) is 15.9 Å². The summed E-state index contributed by atoms with van der Waals surface area (Å²) >= 11 is 0. The van der Waals surface area contributed by atoms with Crippen molar-refractivity contribution in [1.29, 1.82) is 0 Å². The van der Waals surface area contributed by atoms with E-state index in [4.69, 9.17) is 0 Å². The zero-order valence-electron chi connectivity index (χ0n) is 7.55. The Morgan fingerprint density at radius 1 is 1.69 bits per heavy atom. The highest BCUT2D eigenvalue weighted by Gasteiger charge is 2.29. The minimum atomic E-state index is 0.105. The molecular weight excluding hydrogens is 168 g/mol. The molecule has 70 valence electrons. The van der Waals surface area contributed by atoms with Crippen molar-refractivity contribution >= 4 is 5.91 Å². The number of likely N-dealkylation sites (N-methyl/N-ethyl adjacent to an activating group) is 1. The summed E-state index contributed by atoms with van der Waals surface area (Å²) in [6.45, 7) is 0.299. The smallest absolute Gasteiger partial charge is 0.244 e. The number of hydrogen-bond acceptors (Lipinski definition) is 3. The van der Waals surface area contributed by atoms with Gasteiger partial charge in [0.1, 0.15) is 19.2 Å². The van der Waals surface area contributed by atoms with Crippen LogP contribution in [0.2, 0.25) is 0 Å². The van der Waals surface area contributed by atoms with Gasteiger partial charge in [-0.15, -0.1) is 0 Å². The molecule has 0 unspecified atom stereocenters. The summed E-state index contributed by atoms with van der Waals surface area (Å²) in [4.78, 5) is 17.1. The Morgan fingerprint density at radius 3 is 3.00 bits per heavy atom. The summed E-state index contributed by atoms with van der Waals surface area (Å²) in [6.07, 6.45) is 5.27. The maximum atomic E-state index is 11.5. The highest BCUT2D eigenvalue weighted by Crippen LogP contribution is 2.25. The van der Waals surface area contributed by atoms with E-state index in [0.29, 0.717) is 12.6 Å². The van der Waals surface area contributed by atoms with Crippen LogP contribution in [0.1, 0.15) is 12.8 Å². The molecule has 1 fully saturated rings. The lowest BCUT2D eigenvalue weighted by Gasteiger charge is -2.15. The van der Waals surface area contributed by atoms with E-state index < -0.39 is 0 Å². The third-order valence-corrected chi connectivity index (χ3v) is 2.25.